The van der Waals surface area contributed by atoms with Gasteiger partial charge in [-0.25, -0.2) is 12.8 Å². The summed E-state index contributed by atoms with van der Waals surface area (Å²) in [4.78, 5) is 23.4. The minimum absolute atomic E-state index is 0.0880. The van der Waals surface area contributed by atoms with Crippen molar-refractivity contribution in [1.29, 1.82) is 0 Å². The Morgan fingerprint density at radius 3 is 2.29 bits per heavy atom. The first-order valence-corrected chi connectivity index (χ1v) is 10.1. The molecule has 2 aromatic rings. The molecular weight excluding hydrogens is 389 g/mol. The Labute approximate surface area is 162 Å². The lowest BCUT2D eigenvalue weighted by Crippen LogP contribution is -2.22. The number of halogens is 1. The van der Waals surface area contributed by atoms with Crippen LogP contribution in [-0.4, -0.2) is 39.3 Å². The monoisotopic (exact) mass is 409 g/mol. The Balaban J connectivity index is 1.77. The van der Waals surface area contributed by atoms with Crippen LogP contribution in [0.15, 0.2) is 53.4 Å². The first-order valence-electron chi connectivity index (χ1n) is 8.47. The molecule has 0 aliphatic rings. The van der Waals surface area contributed by atoms with Crippen molar-refractivity contribution in [2.75, 3.05) is 24.3 Å². The van der Waals surface area contributed by atoms with E-state index in [2.05, 4.69) is 5.32 Å². The van der Waals surface area contributed by atoms with Gasteiger partial charge >= 0.3 is 5.97 Å². The summed E-state index contributed by atoms with van der Waals surface area (Å²) in [5.74, 6) is -1.78. The molecule has 0 atom stereocenters. The zero-order chi connectivity index (χ0) is 20.6. The van der Waals surface area contributed by atoms with Crippen LogP contribution in [0.5, 0.6) is 5.75 Å². The normalized spacial score (nSPS) is 10.9. The molecule has 0 aliphatic heterocycles. The average molecular weight is 409 g/mol. The molecule has 0 unspecified atom stereocenters. The minimum atomic E-state index is -3.75. The number of ether oxygens (including phenoxy) is 2. The second-order valence-electron chi connectivity index (χ2n) is 5.69. The Morgan fingerprint density at radius 1 is 1.04 bits per heavy atom. The standard InChI is InChI=1S/C19H20FNO6S/c1-2-26-16-7-5-15(6-8-16)21-18(22)13-27-19(23)11-12-28(24,25)17-9-3-14(20)4-10-17/h3-10H,2,11-13H2,1H3,(H,21,22). The second kappa shape index (κ2) is 9.84. The van der Waals surface area contributed by atoms with Gasteiger partial charge in [0.15, 0.2) is 16.4 Å². The highest BCUT2D eigenvalue weighted by Gasteiger charge is 2.18. The molecule has 7 nitrogen and oxygen atoms in total. The Hall–Kier alpha value is -2.94. The Bertz CT molecular complexity index is 910. The van der Waals surface area contributed by atoms with Crippen molar-refractivity contribution < 1.29 is 31.9 Å². The van der Waals surface area contributed by atoms with Gasteiger partial charge in [0.1, 0.15) is 11.6 Å². The van der Waals surface area contributed by atoms with Crippen LogP contribution in [0.4, 0.5) is 10.1 Å². The van der Waals surface area contributed by atoms with E-state index in [1.807, 2.05) is 6.92 Å². The van der Waals surface area contributed by atoms with E-state index in [1.165, 1.54) is 0 Å². The highest BCUT2D eigenvalue weighted by molar-refractivity contribution is 7.91. The SMILES string of the molecule is CCOc1ccc(NC(=O)COC(=O)CCS(=O)(=O)c2ccc(F)cc2)cc1. The van der Waals surface area contributed by atoms with E-state index in [1.54, 1.807) is 24.3 Å². The third kappa shape index (κ3) is 6.66. The summed E-state index contributed by atoms with van der Waals surface area (Å²) >= 11 is 0. The largest absolute Gasteiger partial charge is 0.494 e. The maximum atomic E-state index is 12.9. The maximum Gasteiger partial charge on any atom is 0.307 e. The lowest BCUT2D eigenvalue weighted by Gasteiger charge is -2.08. The van der Waals surface area contributed by atoms with Crippen molar-refractivity contribution in [3.63, 3.8) is 0 Å². The number of rotatable bonds is 9. The molecule has 0 saturated carbocycles. The fraction of sp³-hybridized carbons (Fsp3) is 0.263. The van der Waals surface area contributed by atoms with Crippen LogP contribution < -0.4 is 10.1 Å². The van der Waals surface area contributed by atoms with Gasteiger partial charge in [-0.15, -0.1) is 0 Å². The van der Waals surface area contributed by atoms with Crippen molar-refractivity contribution in [2.24, 2.45) is 0 Å². The van der Waals surface area contributed by atoms with E-state index in [9.17, 15) is 22.4 Å². The maximum absolute atomic E-state index is 12.9. The molecule has 0 radical (unpaired) electrons. The van der Waals surface area contributed by atoms with Crippen LogP contribution in [0.1, 0.15) is 13.3 Å². The fourth-order valence-electron chi connectivity index (χ4n) is 2.19. The fourth-order valence-corrected chi connectivity index (χ4v) is 3.42. The molecule has 0 aliphatic carbocycles. The van der Waals surface area contributed by atoms with Crippen LogP contribution in [0.2, 0.25) is 0 Å². The molecule has 0 heterocycles. The number of esters is 1. The highest BCUT2D eigenvalue weighted by Crippen LogP contribution is 2.16. The smallest absolute Gasteiger partial charge is 0.307 e. The second-order valence-corrected chi connectivity index (χ2v) is 7.80. The van der Waals surface area contributed by atoms with Gasteiger partial charge in [-0.3, -0.25) is 9.59 Å². The third-order valence-electron chi connectivity index (χ3n) is 3.56. The summed E-state index contributed by atoms with van der Waals surface area (Å²) < 4.78 is 47.1. The van der Waals surface area contributed by atoms with E-state index in [-0.39, 0.29) is 4.90 Å². The van der Waals surface area contributed by atoms with Crippen molar-refractivity contribution in [3.8, 4) is 5.75 Å². The van der Waals surface area contributed by atoms with Gasteiger partial charge in [-0.1, -0.05) is 0 Å². The minimum Gasteiger partial charge on any atom is -0.494 e. The summed E-state index contributed by atoms with van der Waals surface area (Å²) in [6.45, 7) is 1.84. The number of hydrogen-bond donors (Lipinski definition) is 1. The van der Waals surface area contributed by atoms with Crippen LogP contribution in [0.25, 0.3) is 0 Å². The van der Waals surface area contributed by atoms with E-state index in [0.717, 1.165) is 24.3 Å². The van der Waals surface area contributed by atoms with Crippen LogP contribution in [-0.2, 0) is 24.2 Å². The van der Waals surface area contributed by atoms with Crippen molar-refractivity contribution in [1.82, 2.24) is 0 Å². The summed E-state index contributed by atoms with van der Waals surface area (Å²) in [7, 11) is -3.75. The Morgan fingerprint density at radius 2 is 1.68 bits per heavy atom. The first-order chi connectivity index (χ1) is 13.3. The molecular formula is C19H20FNO6S. The molecule has 2 rings (SSSR count). The molecule has 2 aromatic carbocycles. The summed E-state index contributed by atoms with van der Waals surface area (Å²) in [6.07, 6.45) is -0.421. The number of carbonyl (C=O) groups excluding carboxylic acids is 2. The molecule has 0 saturated heterocycles. The van der Waals surface area contributed by atoms with Crippen LogP contribution >= 0.6 is 0 Å². The Kier molecular flexibility index (Phi) is 7.51. The molecule has 0 fully saturated rings. The number of hydrogen-bond acceptors (Lipinski definition) is 6. The van der Waals surface area contributed by atoms with Crippen LogP contribution in [0, 0.1) is 5.82 Å². The lowest BCUT2D eigenvalue weighted by atomic mass is 10.3. The molecule has 150 valence electrons. The molecule has 0 spiro atoms. The van der Waals surface area contributed by atoms with Gasteiger partial charge in [0.25, 0.3) is 5.91 Å². The summed E-state index contributed by atoms with van der Waals surface area (Å²) in [6, 6.07) is 10.9. The summed E-state index contributed by atoms with van der Waals surface area (Å²) in [5, 5.41) is 2.54. The number of benzene rings is 2. The molecule has 9 heteroatoms. The number of amides is 1. The van der Waals surface area contributed by atoms with Gasteiger partial charge in [0.2, 0.25) is 0 Å². The number of sulfone groups is 1. The van der Waals surface area contributed by atoms with Gasteiger partial charge in [-0.2, -0.15) is 0 Å². The van der Waals surface area contributed by atoms with E-state index in [4.69, 9.17) is 9.47 Å². The predicted octanol–water partition coefficient (Wildman–Crippen LogP) is 2.57. The topological polar surface area (TPSA) is 98.8 Å². The molecule has 1 N–H and O–H groups in total. The van der Waals surface area contributed by atoms with Crippen LogP contribution in [0.3, 0.4) is 0 Å². The molecule has 0 aromatic heterocycles. The third-order valence-corrected chi connectivity index (χ3v) is 5.29. The average Bonchev–Trinajstić information content (AvgIpc) is 2.67. The molecule has 1 amide bonds. The van der Waals surface area contributed by atoms with Gasteiger partial charge in [-0.05, 0) is 55.5 Å². The summed E-state index contributed by atoms with van der Waals surface area (Å²) in [5.41, 5.74) is 0.503. The zero-order valence-corrected chi connectivity index (χ0v) is 16.0. The number of carbonyl (C=O) groups is 2. The molecule has 0 bridgehead atoms. The zero-order valence-electron chi connectivity index (χ0n) is 15.2. The quantitative estimate of drug-likeness (QED) is 0.505. The van der Waals surface area contributed by atoms with Crippen molar-refractivity contribution >= 4 is 27.4 Å². The van der Waals surface area contributed by atoms with Gasteiger partial charge < -0.3 is 14.8 Å². The van der Waals surface area contributed by atoms with E-state index >= 15 is 0 Å². The predicted molar refractivity (Wildman–Crippen MR) is 100 cm³/mol. The lowest BCUT2D eigenvalue weighted by molar-refractivity contribution is -0.146. The van der Waals surface area contributed by atoms with E-state index in [0.29, 0.717) is 18.0 Å². The van der Waals surface area contributed by atoms with Gasteiger partial charge in [0.05, 0.1) is 23.7 Å². The first kappa shape index (κ1) is 21.4. The van der Waals surface area contributed by atoms with Crippen molar-refractivity contribution in [2.45, 2.75) is 18.2 Å². The number of anilines is 1. The molecule has 28 heavy (non-hydrogen) atoms. The van der Waals surface area contributed by atoms with Gasteiger partial charge in [0, 0.05) is 5.69 Å². The van der Waals surface area contributed by atoms with Crippen molar-refractivity contribution in [3.05, 3.63) is 54.3 Å². The number of nitrogens with one attached hydrogen (secondary N) is 1. The highest BCUT2D eigenvalue weighted by atomic mass is 32.2. The van der Waals surface area contributed by atoms with E-state index < -0.39 is 46.3 Å².